The van der Waals surface area contributed by atoms with Crippen molar-refractivity contribution in [3.8, 4) is 0 Å². The van der Waals surface area contributed by atoms with Gasteiger partial charge in [0.1, 0.15) is 0 Å². The lowest BCUT2D eigenvalue weighted by atomic mass is 10.1. The fraction of sp³-hybridized carbons (Fsp3) is 0.533. The lowest BCUT2D eigenvalue weighted by Crippen LogP contribution is -2.23. The summed E-state index contributed by atoms with van der Waals surface area (Å²) in [5, 5.41) is 3.17. The minimum Gasteiger partial charge on any atom is -0.370 e. The van der Waals surface area contributed by atoms with Crippen molar-refractivity contribution in [2.45, 2.75) is 25.7 Å². The zero-order valence-electron chi connectivity index (χ0n) is 12.4. The first-order valence-electron chi connectivity index (χ1n) is 6.98. The van der Waals surface area contributed by atoms with Crippen LogP contribution in [0.5, 0.6) is 0 Å². The number of benzene rings is 1. The molecule has 2 rings (SSSR count). The maximum Gasteiger partial charge on any atom is 0.193 e. The smallest absolute Gasteiger partial charge is 0.193 e. The Labute approximate surface area is 138 Å². The lowest BCUT2D eigenvalue weighted by molar-refractivity contribution is 0.403. The average molecular weight is 388 g/mol. The molecule has 0 saturated heterocycles. The fourth-order valence-corrected chi connectivity index (χ4v) is 2.42. The summed E-state index contributed by atoms with van der Waals surface area (Å²) in [7, 11) is 4.13. The summed E-state index contributed by atoms with van der Waals surface area (Å²) in [6.45, 7) is 1.80. The maximum absolute atomic E-state index is 5.89. The second-order valence-electron chi connectivity index (χ2n) is 5.39. The Morgan fingerprint density at radius 2 is 2.05 bits per heavy atom. The molecule has 1 aliphatic rings. The Morgan fingerprint density at radius 3 is 2.80 bits per heavy atom. The van der Waals surface area contributed by atoms with E-state index < -0.39 is 0 Å². The highest BCUT2D eigenvalue weighted by molar-refractivity contribution is 14.0. The van der Waals surface area contributed by atoms with Crippen molar-refractivity contribution >= 4 is 35.6 Å². The van der Waals surface area contributed by atoms with Crippen LogP contribution in [-0.4, -0.2) is 38.0 Å². The number of hydrogen-bond acceptors (Lipinski definition) is 2. The Kier molecular flexibility index (Phi) is 7.29. The molecule has 0 saturated carbocycles. The van der Waals surface area contributed by atoms with Crippen molar-refractivity contribution in [3.05, 3.63) is 29.3 Å². The number of guanidine groups is 1. The molecule has 0 aromatic heterocycles. The zero-order chi connectivity index (χ0) is 13.7. The Morgan fingerprint density at radius 1 is 1.30 bits per heavy atom. The molecule has 0 radical (unpaired) electrons. The van der Waals surface area contributed by atoms with E-state index in [1.54, 1.807) is 0 Å². The number of fused-ring (bicyclic) bond motifs is 1. The van der Waals surface area contributed by atoms with Gasteiger partial charge in [0.05, 0.1) is 0 Å². The quantitative estimate of drug-likeness (QED) is 0.353. The maximum atomic E-state index is 5.89. The fourth-order valence-electron chi connectivity index (χ4n) is 2.42. The van der Waals surface area contributed by atoms with Crippen LogP contribution in [0.3, 0.4) is 0 Å². The Bertz CT molecular complexity index is 457. The van der Waals surface area contributed by atoms with Gasteiger partial charge in [-0.25, -0.2) is 0 Å². The molecule has 5 heteroatoms. The molecule has 0 bridgehead atoms. The van der Waals surface area contributed by atoms with Gasteiger partial charge >= 0.3 is 0 Å². The highest BCUT2D eigenvalue weighted by Crippen LogP contribution is 2.24. The first kappa shape index (κ1) is 17.2. The van der Waals surface area contributed by atoms with Gasteiger partial charge in [-0.3, -0.25) is 4.99 Å². The largest absolute Gasteiger partial charge is 0.370 e. The summed E-state index contributed by atoms with van der Waals surface area (Å²) in [6, 6.07) is 6.49. The van der Waals surface area contributed by atoms with E-state index in [2.05, 4.69) is 47.5 Å². The van der Waals surface area contributed by atoms with Gasteiger partial charge in [-0.05, 0) is 69.6 Å². The highest BCUT2D eigenvalue weighted by Gasteiger charge is 2.10. The van der Waals surface area contributed by atoms with Crippen LogP contribution < -0.4 is 11.1 Å². The lowest BCUT2D eigenvalue weighted by Gasteiger charge is -2.09. The number of rotatable bonds is 5. The van der Waals surface area contributed by atoms with Gasteiger partial charge in [0.25, 0.3) is 0 Å². The molecular formula is C15H25IN4. The van der Waals surface area contributed by atoms with E-state index in [9.17, 15) is 0 Å². The van der Waals surface area contributed by atoms with Crippen LogP contribution >= 0.6 is 24.0 Å². The molecule has 0 aliphatic heterocycles. The minimum atomic E-state index is 0. The number of aryl methyl sites for hydroxylation is 2. The van der Waals surface area contributed by atoms with Crippen molar-refractivity contribution in [2.75, 3.05) is 32.5 Å². The van der Waals surface area contributed by atoms with E-state index in [0.717, 1.165) is 25.2 Å². The van der Waals surface area contributed by atoms with Crippen LogP contribution in [-0.2, 0) is 12.8 Å². The van der Waals surface area contributed by atoms with E-state index in [1.165, 1.54) is 30.4 Å². The van der Waals surface area contributed by atoms with E-state index in [-0.39, 0.29) is 24.0 Å². The summed E-state index contributed by atoms with van der Waals surface area (Å²) >= 11 is 0. The van der Waals surface area contributed by atoms with Crippen molar-refractivity contribution < 1.29 is 0 Å². The molecule has 1 aromatic carbocycles. The molecule has 3 N–H and O–H groups in total. The van der Waals surface area contributed by atoms with Crippen LogP contribution in [0, 0.1) is 0 Å². The SMILES string of the molecule is CN(C)CCCN=C(N)Nc1ccc2c(c1)CCC2.I. The Hall–Kier alpha value is -0.820. The number of anilines is 1. The second-order valence-corrected chi connectivity index (χ2v) is 5.39. The molecule has 0 fully saturated rings. The van der Waals surface area contributed by atoms with E-state index >= 15 is 0 Å². The Balaban J connectivity index is 0.00000200. The first-order chi connectivity index (χ1) is 9.15. The van der Waals surface area contributed by atoms with Crippen molar-refractivity contribution in [3.63, 3.8) is 0 Å². The normalized spacial score (nSPS) is 14.1. The zero-order valence-corrected chi connectivity index (χ0v) is 14.7. The van der Waals surface area contributed by atoms with Gasteiger partial charge in [0.15, 0.2) is 5.96 Å². The summed E-state index contributed by atoms with van der Waals surface area (Å²) in [6.07, 6.45) is 4.70. The molecule has 0 spiro atoms. The van der Waals surface area contributed by atoms with E-state index in [0.29, 0.717) is 5.96 Å². The first-order valence-corrected chi connectivity index (χ1v) is 6.98. The average Bonchev–Trinajstić information content (AvgIpc) is 2.82. The van der Waals surface area contributed by atoms with Crippen LogP contribution in [0.4, 0.5) is 5.69 Å². The molecule has 0 heterocycles. The van der Waals surface area contributed by atoms with E-state index in [4.69, 9.17) is 5.73 Å². The van der Waals surface area contributed by atoms with E-state index in [1.807, 2.05) is 0 Å². The van der Waals surface area contributed by atoms with Crippen molar-refractivity contribution in [1.29, 1.82) is 0 Å². The third kappa shape index (κ3) is 5.28. The van der Waals surface area contributed by atoms with Crippen LogP contribution in [0.1, 0.15) is 24.0 Å². The number of aliphatic imine (C=N–C) groups is 1. The number of nitrogens with one attached hydrogen (secondary N) is 1. The summed E-state index contributed by atoms with van der Waals surface area (Å²) in [5.41, 5.74) is 9.87. The molecule has 1 aliphatic carbocycles. The standard InChI is InChI=1S/C15H24N4.HI/c1-19(2)10-4-9-17-15(16)18-14-8-7-12-5-3-6-13(12)11-14;/h7-8,11H,3-6,9-10H2,1-2H3,(H3,16,17,18);1H. The molecule has 20 heavy (non-hydrogen) atoms. The number of nitrogens with zero attached hydrogens (tertiary/aromatic N) is 2. The van der Waals surface area contributed by atoms with Gasteiger partial charge in [0.2, 0.25) is 0 Å². The number of hydrogen-bond donors (Lipinski definition) is 2. The van der Waals surface area contributed by atoms with Crippen LogP contribution in [0.25, 0.3) is 0 Å². The van der Waals surface area contributed by atoms with Gasteiger partial charge in [-0.2, -0.15) is 0 Å². The third-order valence-corrected chi connectivity index (χ3v) is 3.42. The highest BCUT2D eigenvalue weighted by atomic mass is 127. The van der Waals surface area contributed by atoms with Gasteiger partial charge < -0.3 is 16.0 Å². The summed E-state index contributed by atoms with van der Waals surface area (Å²) in [4.78, 5) is 6.49. The summed E-state index contributed by atoms with van der Waals surface area (Å²) in [5.74, 6) is 0.511. The molecule has 0 atom stereocenters. The van der Waals surface area contributed by atoms with Gasteiger partial charge in [-0.15, -0.1) is 24.0 Å². The number of halogens is 1. The predicted octanol–water partition coefficient (Wildman–Crippen LogP) is 2.47. The molecule has 1 aromatic rings. The minimum absolute atomic E-state index is 0. The molecule has 0 amide bonds. The van der Waals surface area contributed by atoms with Crippen LogP contribution in [0.2, 0.25) is 0 Å². The molecule has 0 unspecified atom stereocenters. The van der Waals surface area contributed by atoms with Crippen LogP contribution in [0.15, 0.2) is 23.2 Å². The predicted molar refractivity (Wildman–Crippen MR) is 97.2 cm³/mol. The second kappa shape index (κ2) is 8.46. The van der Waals surface area contributed by atoms with Gasteiger partial charge in [-0.1, -0.05) is 6.07 Å². The monoisotopic (exact) mass is 388 g/mol. The topological polar surface area (TPSA) is 53.6 Å². The van der Waals surface area contributed by atoms with Crippen molar-refractivity contribution in [2.24, 2.45) is 10.7 Å². The van der Waals surface area contributed by atoms with Crippen molar-refractivity contribution in [1.82, 2.24) is 4.90 Å². The molecule has 112 valence electrons. The molecular weight excluding hydrogens is 363 g/mol. The number of nitrogens with two attached hydrogens (primary N) is 1. The molecule has 4 nitrogen and oxygen atoms in total. The van der Waals surface area contributed by atoms with Gasteiger partial charge in [0, 0.05) is 12.2 Å². The third-order valence-electron chi connectivity index (χ3n) is 3.42. The summed E-state index contributed by atoms with van der Waals surface area (Å²) < 4.78 is 0.